The number of nitrogens with zero attached hydrogens (tertiary/aromatic N) is 4. The van der Waals surface area contributed by atoms with Gasteiger partial charge in [-0.05, 0) is 120 Å². The smallest absolute Gasteiger partial charge is 0.189 e. The molecule has 1 aliphatic rings. The van der Waals surface area contributed by atoms with Crippen molar-refractivity contribution < 1.29 is 0 Å². The van der Waals surface area contributed by atoms with Gasteiger partial charge in [-0.3, -0.25) is 0 Å². The summed E-state index contributed by atoms with van der Waals surface area (Å²) in [4.78, 5) is 10.2. The maximum Gasteiger partial charge on any atom is 0.189 e. The van der Waals surface area contributed by atoms with Crippen LogP contribution in [0.4, 0.5) is 45.5 Å². The van der Waals surface area contributed by atoms with Crippen LogP contribution in [0.5, 0.6) is 0 Å². The van der Waals surface area contributed by atoms with Crippen LogP contribution in [0, 0.1) is 0 Å². The van der Waals surface area contributed by atoms with Gasteiger partial charge in [-0.25, -0.2) is 0 Å². The minimum Gasteiger partial charge on any atom is -0.310 e. The summed E-state index contributed by atoms with van der Waals surface area (Å²) in [7, 11) is 0. The fraction of sp³-hybridized carbons (Fsp3) is 0.0333. The fourth-order valence-electron chi connectivity index (χ4n) is 9.43. The van der Waals surface area contributed by atoms with Crippen molar-refractivity contribution in [1.29, 1.82) is 0 Å². The molecule has 0 atom stereocenters. The van der Waals surface area contributed by atoms with Gasteiger partial charge in [0, 0.05) is 45.5 Å². The van der Waals surface area contributed by atoms with Crippen LogP contribution in [0.3, 0.4) is 0 Å². The third-order valence-electron chi connectivity index (χ3n) is 12.0. The van der Waals surface area contributed by atoms with Gasteiger partial charge in [0.15, 0.2) is 11.3 Å². The monoisotopic (exact) mass is 824 g/mol. The largest absolute Gasteiger partial charge is 0.310 e. The Hall–Kier alpha value is -8.34. The molecule has 0 saturated carbocycles. The lowest BCUT2D eigenvalue weighted by molar-refractivity contribution is 0.330. The molecule has 0 saturated heterocycles. The number of para-hydroxylation sites is 8. The van der Waals surface area contributed by atoms with E-state index in [0.29, 0.717) is 0 Å². The lowest BCUT2D eigenvalue weighted by Crippen LogP contribution is -2.80. The molecular weight excluding hydrogens is 777 g/mol. The van der Waals surface area contributed by atoms with Gasteiger partial charge in [0.2, 0.25) is 0 Å². The van der Waals surface area contributed by atoms with Crippen LogP contribution < -0.4 is 19.6 Å². The Bertz CT molecular complexity index is 2590. The molecule has 0 N–H and O–H groups in total. The summed E-state index contributed by atoms with van der Waals surface area (Å²) in [6.45, 7) is 0. The predicted molar refractivity (Wildman–Crippen MR) is 269 cm³/mol. The van der Waals surface area contributed by atoms with Gasteiger partial charge in [-0.1, -0.05) is 182 Å². The molecule has 0 spiro atoms. The van der Waals surface area contributed by atoms with Gasteiger partial charge in [0.25, 0.3) is 0 Å². The van der Waals surface area contributed by atoms with Crippen molar-refractivity contribution in [1.82, 2.24) is 0 Å². The van der Waals surface area contributed by atoms with E-state index in [2.05, 4.69) is 311 Å². The van der Waals surface area contributed by atoms with E-state index in [4.69, 9.17) is 0 Å². The summed E-state index contributed by atoms with van der Waals surface area (Å²) in [5, 5.41) is 0. The normalized spacial score (nSPS) is 13.6. The molecule has 0 bridgehead atoms. The Morgan fingerprint density at radius 3 is 0.656 bits per heavy atom. The molecule has 0 radical (unpaired) electrons. The SMILES string of the molecule is C1=CC(N(c2ccccc2)c2ccccc2)(N(c2ccccc2)c2ccccc2)C(N(c2ccccc2)c2ccccc2)(N(c2ccccc2)c2ccccc2)C=C1c1ccccc1. The Kier molecular flexibility index (Phi) is 11.2. The zero-order valence-corrected chi connectivity index (χ0v) is 35.5. The lowest BCUT2D eigenvalue weighted by Gasteiger charge is -2.66. The Labute approximate surface area is 377 Å². The van der Waals surface area contributed by atoms with Crippen LogP contribution >= 0.6 is 0 Å². The average Bonchev–Trinajstić information content (AvgIpc) is 3.38. The van der Waals surface area contributed by atoms with Crippen molar-refractivity contribution in [2.45, 2.75) is 11.3 Å². The first-order valence-corrected chi connectivity index (χ1v) is 21.9. The van der Waals surface area contributed by atoms with Crippen LogP contribution in [0.2, 0.25) is 0 Å². The quantitative estimate of drug-likeness (QED) is 0.107. The van der Waals surface area contributed by atoms with Crippen molar-refractivity contribution >= 4 is 51.1 Å². The van der Waals surface area contributed by atoms with Crippen molar-refractivity contribution in [3.63, 3.8) is 0 Å². The van der Waals surface area contributed by atoms with Gasteiger partial charge < -0.3 is 19.6 Å². The average molecular weight is 825 g/mol. The highest BCUT2D eigenvalue weighted by atomic mass is 15.6. The minimum absolute atomic E-state index is 1.01. The van der Waals surface area contributed by atoms with E-state index in [1.807, 2.05) is 0 Å². The summed E-state index contributed by atoms with van der Waals surface area (Å²) in [6, 6.07) is 97.8. The van der Waals surface area contributed by atoms with Crippen LogP contribution in [-0.4, -0.2) is 11.3 Å². The van der Waals surface area contributed by atoms with Gasteiger partial charge >= 0.3 is 0 Å². The highest BCUT2D eigenvalue weighted by Crippen LogP contribution is 2.59. The van der Waals surface area contributed by atoms with Crippen molar-refractivity contribution in [2.24, 2.45) is 0 Å². The number of anilines is 8. The van der Waals surface area contributed by atoms with E-state index >= 15 is 0 Å². The molecule has 4 nitrogen and oxygen atoms in total. The van der Waals surface area contributed by atoms with E-state index in [-0.39, 0.29) is 0 Å². The number of hydrogen-bond acceptors (Lipinski definition) is 4. The molecule has 0 aromatic heterocycles. The van der Waals surface area contributed by atoms with E-state index in [0.717, 1.165) is 56.6 Å². The maximum atomic E-state index is 2.57. The zero-order valence-electron chi connectivity index (χ0n) is 35.5. The Morgan fingerprint density at radius 2 is 0.422 bits per heavy atom. The zero-order chi connectivity index (χ0) is 43.0. The molecule has 9 aromatic carbocycles. The second kappa shape index (κ2) is 17.9. The minimum atomic E-state index is -1.25. The van der Waals surface area contributed by atoms with Crippen molar-refractivity contribution in [3.05, 3.63) is 297 Å². The van der Waals surface area contributed by atoms with E-state index in [9.17, 15) is 0 Å². The first-order valence-electron chi connectivity index (χ1n) is 21.9. The van der Waals surface area contributed by atoms with E-state index < -0.39 is 11.3 Å². The number of rotatable bonds is 13. The van der Waals surface area contributed by atoms with Gasteiger partial charge in [-0.15, -0.1) is 0 Å². The second-order valence-electron chi connectivity index (χ2n) is 15.8. The maximum absolute atomic E-state index is 2.57. The summed E-state index contributed by atoms with van der Waals surface area (Å²) in [6.07, 6.45) is 7.33. The topological polar surface area (TPSA) is 13.0 Å². The Balaban J connectivity index is 1.52. The number of allylic oxidation sites excluding steroid dienone is 2. The van der Waals surface area contributed by atoms with Gasteiger partial charge in [-0.2, -0.15) is 0 Å². The first kappa shape index (κ1) is 39.8. The Morgan fingerprint density at radius 1 is 0.219 bits per heavy atom. The molecule has 64 heavy (non-hydrogen) atoms. The number of benzene rings is 9. The second-order valence-corrected chi connectivity index (χ2v) is 15.8. The predicted octanol–water partition coefficient (Wildman–Crippen LogP) is 15.4. The molecule has 0 unspecified atom stereocenters. The summed E-state index contributed by atoms with van der Waals surface area (Å²) in [5.41, 5.74) is 7.79. The number of hydrogen-bond donors (Lipinski definition) is 0. The molecule has 10 rings (SSSR count). The van der Waals surface area contributed by atoms with Crippen LogP contribution in [0.15, 0.2) is 291 Å². The summed E-state index contributed by atoms with van der Waals surface area (Å²) >= 11 is 0. The van der Waals surface area contributed by atoms with Gasteiger partial charge in [0.1, 0.15) is 0 Å². The molecule has 0 aliphatic heterocycles. The van der Waals surface area contributed by atoms with E-state index in [1.165, 1.54) is 0 Å². The van der Waals surface area contributed by atoms with Crippen LogP contribution in [-0.2, 0) is 0 Å². The first-order chi connectivity index (χ1) is 31.8. The summed E-state index contributed by atoms with van der Waals surface area (Å²) < 4.78 is 0. The molecule has 0 fully saturated rings. The van der Waals surface area contributed by atoms with Crippen molar-refractivity contribution in [2.75, 3.05) is 19.6 Å². The lowest BCUT2D eigenvalue weighted by atomic mass is 9.75. The molecule has 1 aliphatic carbocycles. The van der Waals surface area contributed by atoms with Gasteiger partial charge in [0.05, 0.1) is 0 Å². The molecule has 308 valence electrons. The highest BCUT2D eigenvalue weighted by molar-refractivity contribution is 5.91. The van der Waals surface area contributed by atoms with Crippen molar-refractivity contribution in [3.8, 4) is 0 Å². The summed E-state index contributed by atoms with van der Waals surface area (Å²) in [5.74, 6) is 0. The molecule has 4 heteroatoms. The van der Waals surface area contributed by atoms with Crippen LogP contribution in [0.25, 0.3) is 5.57 Å². The standard InChI is InChI=1S/C60H48N4/c1-10-28-49(29-11-1)50-46-47-59(61(51-30-12-2-13-31-51)52-32-14-3-15-33-52,62(53-34-16-4-17-35-53)54-36-18-5-19-37-54)60(48-50,63(55-38-20-6-21-39-55)56-40-22-7-23-41-56)64(57-42-24-8-25-43-57)58-44-26-9-27-45-58/h1-48H. The fourth-order valence-corrected chi connectivity index (χ4v) is 9.43. The third kappa shape index (κ3) is 7.21. The highest BCUT2D eigenvalue weighted by Gasteiger charge is 2.66. The molecule has 9 aromatic rings. The molecule has 0 amide bonds. The third-order valence-corrected chi connectivity index (χ3v) is 12.0. The van der Waals surface area contributed by atoms with E-state index in [1.54, 1.807) is 0 Å². The molecular formula is C60H48N4. The van der Waals surface area contributed by atoms with Crippen LogP contribution in [0.1, 0.15) is 5.56 Å². The molecule has 0 heterocycles.